The van der Waals surface area contributed by atoms with Gasteiger partial charge in [0.25, 0.3) is 0 Å². The Morgan fingerprint density at radius 3 is 2.32 bits per heavy atom. The van der Waals surface area contributed by atoms with Gasteiger partial charge in [-0.2, -0.15) is 0 Å². The maximum atomic E-state index is 12.6. The van der Waals surface area contributed by atoms with E-state index < -0.39 is 17.8 Å². The van der Waals surface area contributed by atoms with E-state index >= 15 is 0 Å². The first-order valence-electron chi connectivity index (χ1n) is 16.5. The normalized spacial score (nSPS) is 51.9. The first-order valence-corrected chi connectivity index (χ1v) is 16.5. The fourth-order valence-electron chi connectivity index (χ4n) is 12.7. The second-order valence-corrected chi connectivity index (χ2v) is 17.2. The monoisotopic (exact) mass is 572 g/mol. The Labute approximate surface area is 247 Å². The number of carbonyl (C=O) groups is 1. The van der Waals surface area contributed by atoms with Crippen LogP contribution in [0.15, 0.2) is 11.6 Å². The van der Waals surface area contributed by atoms with Crippen LogP contribution in [0.5, 0.6) is 0 Å². The molecule has 6 fully saturated rings. The highest BCUT2D eigenvalue weighted by Gasteiger charge is 2.85. The van der Waals surface area contributed by atoms with Gasteiger partial charge in [0, 0.05) is 16.9 Å². The van der Waals surface area contributed by atoms with Crippen LogP contribution in [-0.4, -0.2) is 57.9 Å². The van der Waals surface area contributed by atoms with E-state index in [1.807, 2.05) is 13.8 Å². The third kappa shape index (κ3) is 3.98. The van der Waals surface area contributed by atoms with Crippen LogP contribution in [0.4, 0.5) is 0 Å². The predicted octanol–water partition coefficient (Wildman–Crippen LogP) is 5.81. The molecule has 232 valence electrons. The minimum atomic E-state index is -1.05. The van der Waals surface area contributed by atoms with Crippen LogP contribution in [0, 0.1) is 50.7 Å². The smallest absolute Gasteiger partial charge is 0.330 e. The van der Waals surface area contributed by atoms with Gasteiger partial charge in [-0.25, -0.2) is 4.79 Å². The van der Waals surface area contributed by atoms with Crippen LogP contribution in [-0.2, 0) is 14.3 Å². The van der Waals surface area contributed by atoms with E-state index in [2.05, 4.69) is 27.7 Å². The lowest BCUT2D eigenvalue weighted by Gasteiger charge is -2.68. The zero-order valence-corrected chi connectivity index (χ0v) is 26.8. The zero-order valence-electron chi connectivity index (χ0n) is 26.8. The molecule has 0 aromatic rings. The van der Waals surface area contributed by atoms with Gasteiger partial charge in [-0.1, -0.05) is 33.3 Å². The molecular formula is C35H56O6. The first-order chi connectivity index (χ1) is 18.9. The van der Waals surface area contributed by atoms with Crippen LogP contribution in [0.25, 0.3) is 0 Å². The summed E-state index contributed by atoms with van der Waals surface area (Å²) in [7, 11) is 0. The van der Waals surface area contributed by atoms with Crippen molar-refractivity contribution in [2.75, 3.05) is 6.61 Å². The average Bonchev–Trinajstić information content (AvgIpc) is 3.42. The summed E-state index contributed by atoms with van der Waals surface area (Å²) in [6.07, 6.45) is 9.15. The second-order valence-electron chi connectivity index (χ2n) is 17.2. The van der Waals surface area contributed by atoms with Gasteiger partial charge in [0.1, 0.15) is 12.2 Å². The van der Waals surface area contributed by atoms with Crippen molar-refractivity contribution in [2.24, 2.45) is 50.7 Å². The van der Waals surface area contributed by atoms with E-state index in [-0.39, 0.29) is 45.3 Å². The lowest BCUT2D eigenvalue weighted by Crippen LogP contribution is -2.66. The van der Waals surface area contributed by atoms with Crippen molar-refractivity contribution in [3.05, 3.63) is 11.6 Å². The van der Waals surface area contributed by atoms with Crippen molar-refractivity contribution in [2.45, 2.75) is 143 Å². The molecule has 6 rings (SSSR count). The number of hydrogen-bond acceptors (Lipinski definition) is 6. The minimum Gasteiger partial charge on any atom is -0.459 e. The fourth-order valence-corrected chi connectivity index (χ4v) is 12.7. The van der Waals surface area contributed by atoms with Crippen molar-refractivity contribution in [1.29, 1.82) is 0 Å². The SMILES string of the molecule is CC(C)=CC(=O)O[C@@H]1CC[C@]2(C)[C@H]3CC[C@]45C[C@]4(CC[C@H]5[C@H]4CO[C@@H](C(C)(C)O)[C@H](O)C4)[C@]3(C)[C@H](O)C[C@H]2C1(C)C. The van der Waals surface area contributed by atoms with Crippen LogP contribution >= 0.6 is 0 Å². The van der Waals surface area contributed by atoms with E-state index in [1.54, 1.807) is 19.9 Å². The molecule has 5 saturated carbocycles. The molecule has 6 aliphatic rings. The van der Waals surface area contributed by atoms with Gasteiger partial charge in [-0.15, -0.1) is 0 Å². The summed E-state index contributed by atoms with van der Waals surface area (Å²) in [6, 6.07) is 0. The third-order valence-electron chi connectivity index (χ3n) is 14.4. The molecule has 5 aliphatic carbocycles. The van der Waals surface area contributed by atoms with Crippen molar-refractivity contribution in [1.82, 2.24) is 0 Å². The van der Waals surface area contributed by atoms with Gasteiger partial charge in [0.05, 0.1) is 24.4 Å². The number of carbonyl (C=O) groups excluding carboxylic acids is 1. The summed E-state index contributed by atoms with van der Waals surface area (Å²) < 4.78 is 12.2. The van der Waals surface area contributed by atoms with Crippen molar-refractivity contribution in [3.63, 3.8) is 0 Å². The fraction of sp³-hybridized carbons (Fsp3) is 0.914. The number of aliphatic hydroxyl groups excluding tert-OH is 2. The highest BCUT2D eigenvalue weighted by molar-refractivity contribution is 5.82. The Kier molecular flexibility index (Phi) is 6.81. The average molecular weight is 573 g/mol. The van der Waals surface area contributed by atoms with Crippen LogP contribution in [0.3, 0.4) is 0 Å². The number of rotatable bonds is 4. The molecule has 1 heterocycles. The lowest BCUT2D eigenvalue weighted by atomic mass is 9.37. The molecule has 6 heteroatoms. The molecule has 0 bridgehead atoms. The summed E-state index contributed by atoms with van der Waals surface area (Å²) in [6.45, 7) is 17.4. The van der Waals surface area contributed by atoms with Crippen molar-refractivity contribution in [3.8, 4) is 0 Å². The van der Waals surface area contributed by atoms with Gasteiger partial charge in [-0.3, -0.25) is 0 Å². The molecule has 0 aromatic carbocycles. The number of ether oxygens (including phenoxy) is 2. The molecule has 0 unspecified atom stereocenters. The van der Waals surface area contributed by atoms with Crippen molar-refractivity contribution >= 4 is 5.97 Å². The summed E-state index contributed by atoms with van der Waals surface area (Å²) in [5, 5.41) is 33.7. The molecule has 12 atom stereocenters. The molecule has 0 aromatic heterocycles. The van der Waals surface area contributed by atoms with Gasteiger partial charge < -0.3 is 24.8 Å². The van der Waals surface area contributed by atoms with Crippen molar-refractivity contribution < 1.29 is 29.6 Å². The summed E-state index contributed by atoms with van der Waals surface area (Å²) in [5.41, 5.74) is 0.0655. The van der Waals surface area contributed by atoms with Crippen LogP contribution < -0.4 is 0 Å². The standard InChI is InChI=1S/C35H56O6/c1-20(2)15-28(38)41-27-11-12-32(7)24-10-13-34-19-35(34,33(24,8)26(37)17-25(32)30(27,3)4)14-9-22(34)21-16-23(36)29(40-18-21)31(5,6)39/h15,21-27,29,36-37,39H,9-14,16-19H2,1-8H3/t21-,22+,23-,24-,25+,26-,27-,29-,32-,33+,34-,35-/m1/s1. The number of allylic oxidation sites excluding steroid dienone is 1. The van der Waals surface area contributed by atoms with E-state index in [0.717, 1.165) is 44.1 Å². The molecule has 41 heavy (non-hydrogen) atoms. The molecule has 1 saturated heterocycles. The van der Waals surface area contributed by atoms with Gasteiger partial charge in [0.2, 0.25) is 0 Å². The summed E-state index contributed by atoms with van der Waals surface area (Å²) in [4.78, 5) is 12.6. The maximum Gasteiger partial charge on any atom is 0.330 e. The number of esters is 1. The Balaban J connectivity index is 1.25. The van der Waals surface area contributed by atoms with Gasteiger partial charge in [0.15, 0.2) is 0 Å². The Morgan fingerprint density at radius 1 is 0.976 bits per heavy atom. The quantitative estimate of drug-likeness (QED) is 0.291. The Hall–Kier alpha value is -0.950. The Morgan fingerprint density at radius 2 is 1.68 bits per heavy atom. The van der Waals surface area contributed by atoms with E-state index in [4.69, 9.17) is 9.47 Å². The molecule has 0 spiro atoms. The molecule has 3 N–H and O–H groups in total. The minimum absolute atomic E-state index is 0.0998. The highest BCUT2D eigenvalue weighted by Crippen LogP contribution is 2.90. The highest BCUT2D eigenvalue weighted by atomic mass is 16.5. The predicted molar refractivity (Wildman–Crippen MR) is 158 cm³/mol. The number of aliphatic hydroxyl groups is 3. The summed E-state index contributed by atoms with van der Waals surface area (Å²) in [5.74, 6) is 1.32. The topological polar surface area (TPSA) is 96.2 Å². The Bertz CT molecular complexity index is 1100. The third-order valence-corrected chi connectivity index (χ3v) is 14.4. The van der Waals surface area contributed by atoms with E-state index in [1.165, 1.54) is 12.8 Å². The van der Waals surface area contributed by atoms with Crippen LogP contribution in [0.2, 0.25) is 0 Å². The molecule has 0 amide bonds. The second kappa shape index (κ2) is 9.28. The largest absolute Gasteiger partial charge is 0.459 e. The zero-order chi connectivity index (χ0) is 30.0. The molecule has 6 nitrogen and oxygen atoms in total. The molecule has 0 radical (unpaired) electrons. The van der Waals surface area contributed by atoms with E-state index in [0.29, 0.717) is 36.7 Å². The van der Waals surface area contributed by atoms with Gasteiger partial charge in [-0.05, 0) is 125 Å². The van der Waals surface area contributed by atoms with Crippen LogP contribution in [0.1, 0.15) is 113 Å². The lowest BCUT2D eigenvalue weighted by molar-refractivity contribution is -0.246. The first kappa shape index (κ1) is 30.1. The number of hydrogen-bond donors (Lipinski definition) is 3. The molecular weight excluding hydrogens is 516 g/mol. The number of fused-ring (bicyclic) bond motifs is 3. The van der Waals surface area contributed by atoms with E-state index in [9.17, 15) is 20.1 Å². The summed E-state index contributed by atoms with van der Waals surface area (Å²) >= 11 is 0. The van der Waals surface area contributed by atoms with Gasteiger partial charge >= 0.3 is 5.97 Å². The molecule has 1 aliphatic heterocycles. The maximum absolute atomic E-state index is 12.6.